The van der Waals surface area contributed by atoms with Crippen molar-refractivity contribution in [1.82, 2.24) is 10.2 Å². The lowest BCUT2D eigenvalue weighted by Crippen LogP contribution is -2.57. The number of aliphatic hydroxyl groups is 1. The number of carbonyl (C=O) groups is 1. The summed E-state index contributed by atoms with van der Waals surface area (Å²) in [6.45, 7) is 2.04. The van der Waals surface area contributed by atoms with Crippen LogP contribution in [0, 0.1) is 0 Å². The molecule has 1 saturated heterocycles. The molecule has 0 bridgehead atoms. The minimum atomic E-state index is -1.35. The summed E-state index contributed by atoms with van der Waals surface area (Å²) >= 11 is 0. The van der Waals surface area contributed by atoms with E-state index < -0.39 is 5.60 Å². The Morgan fingerprint density at radius 2 is 2.23 bits per heavy atom. The normalized spacial score (nSPS) is 20.4. The van der Waals surface area contributed by atoms with Gasteiger partial charge in [0.05, 0.1) is 13.4 Å². The fourth-order valence-corrected chi connectivity index (χ4v) is 3.33. The van der Waals surface area contributed by atoms with E-state index in [0.717, 1.165) is 29.9 Å². The molecule has 140 valence electrons. The molecule has 1 aliphatic heterocycles. The molecule has 0 aliphatic carbocycles. The molecule has 1 unspecified atom stereocenters. The van der Waals surface area contributed by atoms with Gasteiger partial charge in [-0.15, -0.1) is 0 Å². The van der Waals surface area contributed by atoms with E-state index in [9.17, 15) is 9.90 Å². The smallest absolute Gasteiger partial charge is 0.256 e. The third kappa shape index (κ3) is 4.45. The molecular formula is C20H26N2O4. The van der Waals surface area contributed by atoms with Gasteiger partial charge in [-0.3, -0.25) is 4.79 Å². The van der Waals surface area contributed by atoms with Crippen molar-refractivity contribution in [3.8, 4) is 5.75 Å². The first-order valence-corrected chi connectivity index (χ1v) is 8.98. The minimum Gasteiger partial charge on any atom is -0.497 e. The third-order valence-corrected chi connectivity index (χ3v) is 4.76. The highest BCUT2D eigenvalue weighted by Gasteiger charge is 2.41. The van der Waals surface area contributed by atoms with Gasteiger partial charge in [-0.25, -0.2) is 0 Å². The Hall–Kier alpha value is -2.31. The lowest BCUT2D eigenvalue weighted by molar-refractivity contribution is -0.157. The number of hydrogen-bond acceptors (Lipinski definition) is 5. The number of furan rings is 1. The third-order valence-electron chi connectivity index (χ3n) is 4.76. The molecule has 2 heterocycles. The summed E-state index contributed by atoms with van der Waals surface area (Å²) in [4.78, 5) is 14.5. The van der Waals surface area contributed by atoms with Crippen LogP contribution in [-0.4, -0.2) is 48.3 Å². The van der Waals surface area contributed by atoms with Crippen molar-refractivity contribution in [2.45, 2.75) is 31.4 Å². The van der Waals surface area contributed by atoms with Crippen molar-refractivity contribution in [1.29, 1.82) is 0 Å². The summed E-state index contributed by atoms with van der Waals surface area (Å²) in [5, 5.41) is 14.0. The fraction of sp³-hybridized carbons (Fsp3) is 0.450. The van der Waals surface area contributed by atoms with Crippen molar-refractivity contribution in [3.05, 3.63) is 54.0 Å². The largest absolute Gasteiger partial charge is 0.497 e. The number of benzene rings is 1. The number of piperidine rings is 1. The van der Waals surface area contributed by atoms with Crippen molar-refractivity contribution in [2.75, 3.05) is 26.7 Å². The Kier molecular flexibility index (Phi) is 5.96. The van der Waals surface area contributed by atoms with Crippen LogP contribution in [0.3, 0.4) is 0 Å². The highest BCUT2D eigenvalue weighted by Crippen LogP contribution is 2.24. The number of amides is 1. The SMILES string of the molecule is COc1cccc(CN2CCCC(O)(CNCCc3ccco3)C2=O)c1. The van der Waals surface area contributed by atoms with Gasteiger partial charge in [-0.2, -0.15) is 0 Å². The average molecular weight is 358 g/mol. The topological polar surface area (TPSA) is 74.9 Å². The van der Waals surface area contributed by atoms with Gasteiger partial charge < -0.3 is 24.5 Å². The van der Waals surface area contributed by atoms with Gasteiger partial charge in [0, 0.05) is 32.6 Å². The Balaban J connectivity index is 1.55. The van der Waals surface area contributed by atoms with E-state index in [4.69, 9.17) is 9.15 Å². The molecule has 1 fully saturated rings. The molecule has 0 saturated carbocycles. The molecule has 1 amide bonds. The van der Waals surface area contributed by atoms with E-state index in [-0.39, 0.29) is 12.5 Å². The van der Waals surface area contributed by atoms with Gasteiger partial charge in [-0.1, -0.05) is 12.1 Å². The van der Waals surface area contributed by atoms with Gasteiger partial charge in [0.25, 0.3) is 5.91 Å². The number of rotatable bonds is 8. The first kappa shape index (κ1) is 18.5. The summed E-state index contributed by atoms with van der Waals surface area (Å²) in [5.41, 5.74) is -0.354. The summed E-state index contributed by atoms with van der Waals surface area (Å²) < 4.78 is 10.5. The average Bonchev–Trinajstić information content (AvgIpc) is 3.17. The van der Waals surface area contributed by atoms with Gasteiger partial charge in [0.2, 0.25) is 0 Å². The van der Waals surface area contributed by atoms with Crippen LogP contribution in [0.4, 0.5) is 0 Å². The van der Waals surface area contributed by atoms with Crippen LogP contribution >= 0.6 is 0 Å². The highest BCUT2D eigenvalue weighted by molar-refractivity contribution is 5.86. The molecule has 6 heteroatoms. The van der Waals surface area contributed by atoms with Gasteiger partial charge in [0.15, 0.2) is 5.60 Å². The molecule has 0 spiro atoms. The second kappa shape index (κ2) is 8.38. The Morgan fingerprint density at radius 1 is 1.35 bits per heavy atom. The predicted octanol–water partition coefficient (Wildman–Crippen LogP) is 1.97. The van der Waals surface area contributed by atoms with E-state index >= 15 is 0 Å². The molecule has 3 rings (SSSR count). The van der Waals surface area contributed by atoms with Crippen molar-refractivity contribution >= 4 is 5.91 Å². The second-order valence-corrected chi connectivity index (χ2v) is 6.72. The van der Waals surface area contributed by atoms with Crippen LogP contribution in [0.5, 0.6) is 5.75 Å². The summed E-state index contributed by atoms with van der Waals surface area (Å²) in [6.07, 6.45) is 3.63. The van der Waals surface area contributed by atoms with E-state index in [1.807, 2.05) is 36.4 Å². The molecule has 6 nitrogen and oxygen atoms in total. The lowest BCUT2D eigenvalue weighted by atomic mass is 9.91. The number of carbonyl (C=O) groups excluding carboxylic acids is 1. The van der Waals surface area contributed by atoms with Crippen LogP contribution in [0.1, 0.15) is 24.2 Å². The quantitative estimate of drug-likeness (QED) is 0.706. The number of nitrogens with zero attached hydrogens (tertiary/aromatic N) is 1. The number of ether oxygens (including phenoxy) is 1. The number of nitrogens with one attached hydrogen (secondary N) is 1. The number of hydrogen-bond donors (Lipinski definition) is 2. The van der Waals surface area contributed by atoms with Crippen LogP contribution in [0.15, 0.2) is 47.1 Å². The van der Waals surface area contributed by atoms with Crippen LogP contribution in [0.25, 0.3) is 0 Å². The van der Waals surface area contributed by atoms with E-state index in [1.165, 1.54) is 0 Å². The number of methoxy groups -OCH3 is 1. The van der Waals surface area contributed by atoms with E-state index in [1.54, 1.807) is 18.3 Å². The summed E-state index contributed by atoms with van der Waals surface area (Å²) in [7, 11) is 1.62. The first-order chi connectivity index (χ1) is 12.6. The second-order valence-electron chi connectivity index (χ2n) is 6.72. The first-order valence-electron chi connectivity index (χ1n) is 8.98. The lowest BCUT2D eigenvalue weighted by Gasteiger charge is -2.38. The Morgan fingerprint density at radius 3 is 3.00 bits per heavy atom. The zero-order valence-electron chi connectivity index (χ0n) is 15.1. The van der Waals surface area contributed by atoms with Gasteiger partial charge in [-0.05, 0) is 42.7 Å². The van der Waals surface area contributed by atoms with E-state index in [0.29, 0.717) is 26.1 Å². The predicted molar refractivity (Wildman–Crippen MR) is 97.9 cm³/mol. The van der Waals surface area contributed by atoms with Gasteiger partial charge >= 0.3 is 0 Å². The maximum atomic E-state index is 12.8. The summed E-state index contributed by atoms with van der Waals surface area (Å²) in [6, 6.07) is 11.4. The molecule has 2 N–H and O–H groups in total. The monoisotopic (exact) mass is 358 g/mol. The minimum absolute atomic E-state index is 0.211. The Bertz CT molecular complexity index is 716. The van der Waals surface area contributed by atoms with Crippen molar-refractivity contribution < 1.29 is 19.1 Å². The molecule has 1 atom stereocenters. The molecule has 1 aliphatic rings. The molecule has 26 heavy (non-hydrogen) atoms. The highest BCUT2D eigenvalue weighted by atomic mass is 16.5. The zero-order valence-corrected chi connectivity index (χ0v) is 15.1. The fourth-order valence-electron chi connectivity index (χ4n) is 3.33. The maximum Gasteiger partial charge on any atom is 0.256 e. The molecule has 1 aromatic carbocycles. The molecular weight excluding hydrogens is 332 g/mol. The molecule has 2 aromatic rings. The van der Waals surface area contributed by atoms with Crippen LogP contribution in [-0.2, 0) is 17.8 Å². The summed E-state index contributed by atoms with van der Waals surface area (Å²) in [5.74, 6) is 1.44. The number of likely N-dealkylation sites (tertiary alicyclic amines) is 1. The molecule has 1 aromatic heterocycles. The zero-order chi connectivity index (χ0) is 18.4. The maximum absolute atomic E-state index is 12.8. The Labute approximate surface area is 153 Å². The van der Waals surface area contributed by atoms with Crippen molar-refractivity contribution in [3.63, 3.8) is 0 Å². The van der Waals surface area contributed by atoms with Crippen molar-refractivity contribution in [2.24, 2.45) is 0 Å². The van der Waals surface area contributed by atoms with Crippen LogP contribution in [0.2, 0.25) is 0 Å². The molecule has 0 radical (unpaired) electrons. The van der Waals surface area contributed by atoms with Crippen LogP contribution < -0.4 is 10.1 Å². The van der Waals surface area contributed by atoms with Gasteiger partial charge in [0.1, 0.15) is 11.5 Å². The van der Waals surface area contributed by atoms with E-state index in [2.05, 4.69) is 5.32 Å². The standard InChI is InChI=1S/C20H26N2O4/c1-25-18-6-2-5-16(13-18)14-22-11-4-9-20(24,19(22)23)15-21-10-8-17-7-3-12-26-17/h2-3,5-7,12-13,21,24H,4,8-11,14-15H2,1H3.